The average molecular weight is 230 g/mol. The summed E-state index contributed by atoms with van der Waals surface area (Å²) in [5.41, 5.74) is 1.22. The number of benzene rings is 1. The molecule has 1 aromatic rings. The first-order valence-corrected chi connectivity index (χ1v) is 5.58. The van der Waals surface area contributed by atoms with Crippen molar-refractivity contribution in [2.75, 3.05) is 6.26 Å². The second-order valence-corrected chi connectivity index (χ2v) is 4.55. The summed E-state index contributed by atoms with van der Waals surface area (Å²) in [6.45, 7) is 2.11. The van der Waals surface area contributed by atoms with E-state index in [-0.39, 0.29) is 0 Å². The smallest absolute Gasteiger partial charge is 0.0373 e. The minimum atomic E-state index is 0.398. The molecule has 0 saturated heterocycles. The van der Waals surface area contributed by atoms with Crippen molar-refractivity contribution in [2.24, 2.45) is 0 Å². The summed E-state index contributed by atoms with van der Waals surface area (Å²) in [5.74, 6) is 0. The lowest BCUT2D eigenvalue weighted by molar-refractivity contribution is 1.10. The summed E-state index contributed by atoms with van der Waals surface area (Å²) < 4.78 is 0. The van der Waals surface area contributed by atoms with Gasteiger partial charge in [0.2, 0.25) is 0 Å². The lowest BCUT2D eigenvalue weighted by Gasteiger charge is -2.03. The van der Waals surface area contributed by atoms with Crippen LogP contribution in [0.3, 0.4) is 0 Å². The molecule has 2 heteroatoms. The fraction of sp³-hybridized carbons (Fsp3) is 0.333. The minimum Gasteiger partial charge on any atom is -0.130 e. The van der Waals surface area contributed by atoms with Gasteiger partial charge in [0.1, 0.15) is 0 Å². The Kier molecular flexibility index (Phi) is 3.46. The monoisotopic (exact) mass is 229 g/mol. The molecule has 1 atom stereocenters. The average Bonchev–Trinajstić information content (AvgIpc) is 2.05. The van der Waals surface area contributed by atoms with Crippen LogP contribution >= 0.6 is 27.7 Å². The quantitative estimate of drug-likeness (QED) is 0.551. The van der Waals surface area contributed by atoms with Gasteiger partial charge < -0.3 is 0 Å². The van der Waals surface area contributed by atoms with Crippen LogP contribution in [0.4, 0.5) is 0 Å². The van der Waals surface area contributed by atoms with Gasteiger partial charge in [0.05, 0.1) is 0 Å². The van der Waals surface area contributed by atoms with E-state index in [1.807, 2.05) is 6.07 Å². The standard InChI is InChI=1S/C9H10BrS/c1-7(10)8-4-3-5-9(6-8)11-2/h3,5-7H,1-2H3. The molecule has 11 heavy (non-hydrogen) atoms. The van der Waals surface area contributed by atoms with Crippen LogP contribution in [0.25, 0.3) is 0 Å². The topological polar surface area (TPSA) is 0 Å². The molecule has 1 rings (SSSR count). The SMILES string of the molecule is CSc1cc[c]c(C(C)Br)c1. The van der Waals surface area contributed by atoms with Crippen LogP contribution in [0.2, 0.25) is 0 Å². The summed E-state index contributed by atoms with van der Waals surface area (Å²) in [7, 11) is 0. The van der Waals surface area contributed by atoms with E-state index in [9.17, 15) is 0 Å². The van der Waals surface area contributed by atoms with Crippen molar-refractivity contribution in [2.45, 2.75) is 16.6 Å². The Morgan fingerprint density at radius 1 is 1.64 bits per heavy atom. The Bertz CT molecular complexity index is 233. The lowest BCUT2D eigenvalue weighted by Crippen LogP contribution is -1.83. The predicted molar refractivity (Wildman–Crippen MR) is 54.4 cm³/mol. The van der Waals surface area contributed by atoms with Crippen molar-refractivity contribution < 1.29 is 0 Å². The molecular weight excluding hydrogens is 220 g/mol. The molecule has 0 nitrogen and oxygen atoms in total. The largest absolute Gasteiger partial charge is 0.130 e. The van der Waals surface area contributed by atoms with E-state index in [1.165, 1.54) is 10.5 Å². The van der Waals surface area contributed by atoms with E-state index in [0.29, 0.717) is 4.83 Å². The number of hydrogen-bond donors (Lipinski definition) is 0. The first-order chi connectivity index (χ1) is 5.24. The fourth-order valence-corrected chi connectivity index (χ4v) is 1.53. The third-order valence-corrected chi connectivity index (χ3v) is 2.68. The molecule has 0 saturated carbocycles. The molecule has 59 valence electrons. The molecule has 0 aliphatic heterocycles. The minimum absolute atomic E-state index is 0.398. The zero-order valence-electron chi connectivity index (χ0n) is 6.60. The Balaban J connectivity index is 2.91. The van der Waals surface area contributed by atoms with Gasteiger partial charge in [-0.25, -0.2) is 0 Å². The van der Waals surface area contributed by atoms with Gasteiger partial charge in [-0.05, 0) is 36.9 Å². The summed E-state index contributed by atoms with van der Waals surface area (Å²) in [4.78, 5) is 1.69. The van der Waals surface area contributed by atoms with E-state index in [4.69, 9.17) is 0 Å². The highest BCUT2D eigenvalue weighted by molar-refractivity contribution is 9.09. The van der Waals surface area contributed by atoms with Gasteiger partial charge in [-0.15, -0.1) is 11.8 Å². The molecule has 0 N–H and O–H groups in total. The maximum absolute atomic E-state index is 3.51. The Morgan fingerprint density at radius 3 is 2.91 bits per heavy atom. The molecule has 0 spiro atoms. The van der Waals surface area contributed by atoms with Crippen molar-refractivity contribution >= 4 is 27.7 Å². The molecule has 0 heterocycles. The highest BCUT2D eigenvalue weighted by Gasteiger charge is 2.00. The molecule has 0 bridgehead atoms. The Hall–Kier alpha value is 0.0500. The van der Waals surface area contributed by atoms with Gasteiger partial charge in [0, 0.05) is 9.72 Å². The third-order valence-electron chi connectivity index (χ3n) is 1.46. The van der Waals surface area contributed by atoms with E-state index in [0.717, 1.165) is 0 Å². The number of rotatable bonds is 2. The van der Waals surface area contributed by atoms with Crippen LogP contribution in [-0.2, 0) is 0 Å². The van der Waals surface area contributed by atoms with Crippen molar-refractivity contribution in [1.82, 2.24) is 0 Å². The van der Waals surface area contributed by atoms with Gasteiger partial charge >= 0.3 is 0 Å². The molecule has 0 fully saturated rings. The van der Waals surface area contributed by atoms with Crippen molar-refractivity contribution in [3.8, 4) is 0 Å². The van der Waals surface area contributed by atoms with E-state index in [1.54, 1.807) is 11.8 Å². The van der Waals surface area contributed by atoms with Gasteiger partial charge in [-0.1, -0.05) is 22.0 Å². The van der Waals surface area contributed by atoms with Crippen LogP contribution in [0.5, 0.6) is 0 Å². The van der Waals surface area contributed by atoms with Crippen molar-refractivity contribution in [1.29, 1.82) is 0 Å². The molecule has 0 aromatic heterocycles. The van der Waals surface area contributed by atoms with Crippen molar-refractivity contribution in [3.63, 3.8) is 0 Å². The molecule has 0 aliphatic carbocycles. The second-order valence-electron chi connectivity index (χ2n) is 2.30. The van der Waals surface area contributed by atoms with Crippen LogP contribution in [0.1, 0.15) is 17.3 Å². The van der Waals surface area contributed by atoms with Gasteiger partial charge in [-0.2, -0.15) is 0 Å². The third kappa shape index (κ3) is 2.53. The predicted octanol–water partition coefficient (Wildman–Crippen LogP) is 3.66. The normalized spacial score (nSPS) is 13.0. The number of alkyl halides is 1. The fourth-order valence-electron chi connectivity index (χ4n) is 0.820. The first kappa shape index (κ1) is 9.14. The van der Waals surface area contributed by atoms with E-state index in [2.05, 4.69) is 47.3 Å². The lowest BCUT2D eigenvalue weighted by atomic mass is 10.2. The van der Waals surface area contributed by atoms with E-state index >= 15 is 0 Å². The Labute approximate surface area is 80.5 Å². The summed E-state index contributed by atoms with van der Waals surface area (Å²) in [6, 6.07) is 9.38. The first-order valence-electron chi connectivity index (χ1n) is 3.43. The Morgan fingerprint density at radius 2 is 2.36 bits per heavy atom. The molecule has 0 aliphatic rings. The van der Waals surface area contributed by atoms with Gasteiger partial charge in [-0.3, -0.25) is 0 Å². The van der Waals surface area contributed by atoms with Crippen LogP contribution in [-0.4, -0.2) is 6.26 Å². The second kappa shape index (κ2) is 4.17. The van der Waals surface area contributed by atoms with Crippen molar-refractivity contribution in [3.05, 3.63) is 29.8 Å². The number of hydrogen-bond acceptors (Lipinski definition) is 1. The molecule has 1 radical (unpaired) electrons. The van der Waals surface area contributed by atoms with Gasteiger partial charge in [0.15, 0.2) is 0 Å². The number of halogens is 1. The van der Waals surface area contributed by atoms with Crippen LogP contribution in [0.15, 0.2) is 23.1 Å². The highest BCUT2D eigenvalue weighted by atomic mass is 79.9. The number of thioether (sulfide) groups is 1. The molecular formula is C9H10BrS. The van der Waals surface area contributed by atoms with Gasteiger partial charge in [0.25, 0.3) is 0 Å². The molecule has 1 unspecified atom stereocenters. The van der Waals surface area contributed by atoms with Crippen LogP contribution < -0.4 is 0 Å². The summed E-state index contributed by atoms with van der Waals surface area (Å²) in [5, 5.41) is 0. The zero-order valence-corrected chi connectivity index (χ0v) is 9.00. The molecule has 1 aromatic carbocycles. The maximum Gasteiger partial charge on any atom is 0.0373 e. The summed E-state index contributed by atoms with van der Waals surface area (Å²) in [6.07, 6.45) is 2.08. The molecule has 0 amide bonds. The summed E-state index contributed by atoms with van der Waals surface area (Å²) >= 11 is 5.26. The van der Waals surface area contributed by atoms with E-state index < -0.39 is 0 Å². The highest BCUT2D eigenvalue weighted by Crippen LogP contribution is 2.24. The maximum atomic E-state index is 3.51. The zero-order chi connectivity index (χ0) is 8.27. The van der Waals surface area contributed by atoms with Crippen LogP contribution in [0, 0.1) is 6.07 Å².